The minimum absolute atomic E-state index is 0.0263. The lowest BCUT2D eigenvalue weighted by Crippen LogP contribution is -2.42. The van der Waals surface area contributed by atoms with E-state index in [2.05, 4.69) is 10.3 Å². The van der Waals surface area contributed by atoms with Crippen molar-refractivity contribution in [1.82, 2.24) is 15.2 Å². The van der Waals surface area contributed by atoms with E-state index in [4.69, 9.17) is 0 Å². The zero-order valence-electron chi connectivity index (χ0n) is 9.68. The van der Waals surface area contributed by atoms with Crippen LogP contribution in [0.2, 0.25) is 0 Å². The molecule has 1 saturated heterocycles. The quantitative estimate of drug-likeness (QED) is 0.845. The van der Waals surface area contributed by atoms with Crippen molar-refractivity contribution in [2.24, 2.45) is 5.92 Å². The summed E-state index contributed by atoms with van der Waals surface area (Å²) in [6.45, 7) is 1.27. The van der Waals surface area contributed by atoms with Crippen molar-refractivity contribution in [2.45, 2.75) is 12.8 Å². The van der Waals surface area contributed by atoms with Crippen LogP contribution in [0.15, 0.2) is 10.9 Å². The van der Waals surface area contributed by atoms with Crippen molar-refractivity contribution < 1.29 is 9.59 Å². The van der Waals surface area contributed by atoms with E-state index in [0.29, 0.717) is 18.8 Å². The number of nitrogens with one attached hydrogen (secondary N) is 1. The third-order valence-corrected chi connectivity index (χ3v) is 3.64. The zero-order chi connectivity index (χ0) is 12.3. The number of hydrogen-bond donors (Lipinski definition) is 1. The van der Waals surface area contributed by atoms with Crippen molar-refractivity contribution >= 4 is 23.2 Å². The number of aromatic nitrogens is 1. The first-order valence-electron chi connectivity index (χ1n) is 5.61. The van der Waals surface area contributed by atoms with E-state index < -0.39 is 0 Å². The molecular formula is C11H15N3O2S. The molecule has 0 spiro atoms. The standard InChI is InChI=1S/C11H15N3O2S/c1-12-10(15)8-2-4-14(5-3-8)11(16)9-6-17-7-13-9/h6-8H,2-5H2,1H3,(H,12,15). The monoisotopic (exact) mass is 253 g/mol. The Morgan fingerprint density at radius 3 is 2.71 bits per heavy atom. The van der Waals surface area contributed by atoms with Crippen LogP contribution in [0.1, 0.15) is 23.3 Å². The Balaban J connectivity index is 1.91. The Labute approximate surface area is 104 Å². The first-order valence-corrected chi connectivity index (χ1v) is 6.55. The molecule has 6 heteroatoms. The molecule has 17 heavy (non-hydrogen) atoms. The van der Waals surface area contributed by atoms with E-state index in [9.17, 15) is 9.59 Å². The van der Waals surface area contributed by atoms with Crippen LogP contribution in [0.25, 0.3) is 0 Å². The minimum Gasteiger partial charge on any atom is -0.359 e. The summed E-state index contributed by atoms with van der Waals surface area (Å²) < 4.78 is 0. The van der Waals surface area contributed by atoms with Crippen molar-refractivity contribution in [3.8, 4) is 0 Å². The number of piperidine rings is 1. The summed E-state index contributed by atoms with van der Waals surface area (Å²) in [5.41, 5.74) is 2.17. The summed E-state index contributed by atoms with van der Waals surface area (Å²) in [5, 5.41) is 4.41. The molecule has 2 amide bonds. The van der Waals surface area contributed by atoms with Crippen LogP contribution in [-0.4, -0.2) is 41.8 Å². The van der Waals surface area contributed by atoms with Crippen molar-refractivity contribution in [1.29, 1.82) is 0 Å². The summed E-state index contributed by atoms with van der Waals surface area (Å²) in [7, 11) is 1.65. The predicted molar refractivity (Wildman–Crippen MR) is 64.8 cm³/mol. The molecular weight excluding hydrogens is 238 g/mol. The van der Waals surface area contributed by atoms with Crippen molar-refractivity contribution in [2.75, 3.05) is 20.1 Å². The second kappa shape index (κ2) is 5.27. The second-order valence-electron chi connectivity index (χ2n) is 4.05. The zero-order valence-corrected chi connectivity index (χ0v) is 10.5. The third kappa shape index (κ3) is 2.63. The van der Waals surface area contributed by atoms with Gasteiger partial charge in [0.1, 0.15) is 5.69 Å². The van der Waals surface area contributed by atoms with Crippen LogP contribution in [0.4, 0.5) is 0 Å². The molecule has 1 aliphatic rings. The average molecular weight is 253 g/mol. The van der Waals surface area contributed by atoms with E-state index in [1.54, 1.807) is 22.8 Å². The van der Waals surface area contributed by atoms with Crippen LogP contribution in [-0.2, 0) is 4.79 Å². The first kappa shape index (κ1) is 12.0. The van der Waals surface area contributed by atoms with Gasteiger partial charge in [0.2, 0.25) is 5.91 Å². The molecule has 0 radical (unpaired) electrons. The molecule has 1 fully saturated rings. The Kier molecular flexibility index (Phi) is 3.73. The van der Waals surface area contributed by atoms with Crippen LogP contribution >= 0.6 is 11.3 Å². The molecule has 5 nitrogen and oxygen atoms in total. The highest BCUT2D eigenvalue weighted by atomic mass is 32.1. The second-order valence-corrected chi connectivity index (χ2v) is 4.77. The van der Waals surface area contributed by atoms with E-state index in [-0.39, 0.29) is 17.7 Å². The molecule has 0 unspecified atom stereocenters. The minimum atomic E-state index is -0.0263. The number of rotatable bonds is 2. The predicted octanol–water partition coefficient (Wildman–Crippen LogP) is 0.741. The molecule has 1 N–H and O–H groups in total. The Morgan fingerprint density at radius 1 is 1.47 bits per heavy atom. The fourth-order valence-electron chi connectivity index (χ4n) is 2.03. The molecule has 2 heterocycles. The summed E-state index contributed by atoms with van der Waals surface area (Å²) >= 11 is 1.42. The fraction of sp³-hybridized carbons (Fsp3) is 0.545. The fourth-order valence-corrected chi connectivity index (χ4v) is 2.55. The van der Waals surface area contributed by atoms with Crippen LogP contribution in [0, 0.1) is 5.92 Å². The van der Waals surface area contributed by atoms with Crippen molar-refractivity contribution in [3.05, 3.63) is 16.6 Å². The number of amides is 2. The van der Waals surface area contributed by atoms with Gasteiger partial charge in [0.15, 0.2) is 0 Å². The summed E-state index contributed by atoms with van der Waals surface area (Å²) in [5.74, 6) is 0.0897. The van der Waals surface area contributed by atoms with Gasteiger partial charge in [-0.15, -0.1) is 11.3 Å². The molecule has 1 aliphatic heterocycles. The molecule has 1 aromatic heterocycles. The smallest absolute Gasteiger partial charge is 0.273 e. The van der Waals surface area contributed by atoms with Crippen LogP contribution < -0.4 is 5.32 Å². The lowest BCUT2D eigenvalue weighted by molar-refractivity contribution is -0.125. The summed E-state index contributed by atoms with van der Waals surface area (Å²) in [6, 6.07) is 0. The van der Waals surface area contributed by atoms with Gasteiger partial charge in [0, 0.05) is 31.4 Å². The molecule has 1 aromatic rings. The van der Waals surface area contributed by atoms with Crippen molar-refractivity contribution in [3.63, 3.8) is 0 Å². The average Bonchev–Trinajstić information content (AvgIpc) is 2.91. The van der Waals surface area contributed by atoms with Gasteiger partial charge >= 0.3 is 0 Å². The highest BCUT2D eigenvalue weighted by molar-refractivity contribution is 7.07. The number of carbonyl (C=O) groups is 2. The van der Waals surface area contributed by atoms with Gasteiger partial charge in [-0.2, -0.15) is 0 Å². The van der Waals surface area contributed by atoms with Gasteiger partial charge < -0.3 is 10.2 Å². The molecule has 0 atom stereocenters. The number of thiazole rings is 1. The SMILES string of the molecule is CNC(=O)C1CCN(C(=O)c2cscn2)CC1. The topological polar surface area (TPSA) is 62.3 Å². The van der Waals surface area contributed by atoms with Gasteiger partial charge in [-0.25, -0.2) is 4.98 Å². The Bertz CT molecular complexity index is 397. The molecule has 0 aromatic carbocycles. The Hall–Kier alpha value is -1.43. The number of carbonyl (C=O) groups excluding carboxylic acids is 2. The maximum absolute atomic E-state index is 12.0. The van der Waals surface area contributed by atoms with E-state index in [1.165, 1.54) is 11.3 Å². The normalized spacial score (nSPS) is 16.9. The maximum Gasteiger partial charge on any atom is 0.273 e. The van der Waals surface area contributed by atoms with E-state index in [1.807, 2.05) is 0 Å². The first-order chi connectivity index (χ1) is 8.22. The van der Waals surface area contributed by atoms with Gasteiger partial charge in [-0.3, -0.25) is 9.59 Å². The summed E-state index contributed by atoms with van der Waals surface area (Å²) in [6.07, 6.45) is 1.46. The number of likely N-dealkylation sites (tertiary alicyclic amines) is 1. The number of hydrogen-bond acceptors (Lipinski definition) is 4. The lowest BCUT2D eigenvalue weighted by Gasteiger charge is -2.30. The Morgan fingerprint density at radius 2 is 2.18 bits per heavy atom. The third-order valence-electron chi connectivity index (χ3n) is 3.05. The molecule has 2 rings (SSSR count). The van der Waals surface area contributed by atoms with Gasteiger partial charge in [-0.1, -0.05) is 0 Å². The maximum atomic E-state index is 12.0. The van der Waals surface area contributed by atoms with E-state index >= 15 is 0 Å². The van der Waals surface area contributed by atoms with Gasteiger partial charge in [-0.05, 0) is 12.8 Å². The van der Waals surface area contributed by atoms with E-state index in [0.717, 1.165) is 12.8 Å². The molecule has 0 aliphatic carbocycles. The lowest BCUT2D eigenvalue weighted by atomic mass is 9.96. The molecule has 92 valence electrons. The highest BCUT2D eigenvalue weighted by Crippen LogP contribution is 2.19. The van der Waals surface area contributed by atoms with Gasteiger partial charge in [0.05, 0.1) is 5.51 Å². The van der Waals surface area contributed by atoms with Gasteiger partial charge in [0.25, 0.3) is 5.91 Å². The van der Waals surface area contributed by atoms with Crippen LogP contribution in [0.5, 0.6) is 0 Å². The van der Waals surface area contributed by atoms with Crippen LogP contribution in [0.3, 0.4) is 0 Å². The summed E-state index contributed by atoms with van der Waals surface area (Å²) in [4.78, 5) is 29.2. The molecule has 0 saturated carbocycles. The number of nitrogens with zero attached hydrogens (tertiary/aromatic N) is 2. The molecule has 0 bridgehead atoms. The highest BCUT2D eigenvalue weighted by Gasteiger charge is 2.27. The largest absolute Gasteiger partial charge is 0.359 e.